The van der Waals surface area contributed by atoms with Gasteiger partial charge in [-0.05, 0) is 50.1 Å². The Bertz CT molecular complexity index is 1240. The fourth-order valence-corrected chi connectivity index (χ4v) is 5.62. The molecular formula is C24H29F2N5O3S. The number of rotatable bonds is 8. The third-order valence-electron chi connectivity index (χ3n) is 6.49. The van der Waals surface area contributed by atoms with Crippen molar-refractivity contribution in [3.8, 4) is 0 Å². The Hall–Kier alpha value is -2.89. The Kier molecular flexibility index (Phi) is 7.48. The summed E-state index contributed by atoms with van der Waals surface area (Å²) in [7, 11) is -3.29. The van der Waals surface area contributed by atoms with E-state index in [1.165, 1.54) is 27.3 Å². The molecule has 1 aromatic heterocycles. The highest BCUT2D eigenvalue weighted by Gasteiger charge is 2.30. The molecule has 4 rings (SSSR count). The second-order valence-corrected chi connectivity index (χ2v) is 10.9. The average molecular weight is 506 g/mol. The first kappa shape index (κ1) is 25.2. The van der Waals surface area contributed by atoms with Crippen LogP contribution in [0.1, 0.15) is 46.9 Å². The van der Waals surface area contributed by atoms with E-state index >= 15 is 0 Å². The number of halogens is 2. The first-order chi connectivity index (χ1) is 16.7. The van der Waals surface area contributed by atoms with Gasteiger partial charge in [-0.25, -0.2) is 26.2 Å². The number of likely N-dealkylation sites (tertiary alicyclic amines) is 1. The van der Waals surface area contributed by atoms with E-state index in [1.54, 1.807) is 6.20 Å². The highest BCUT2D eigenvalue weighted by Crippen LogP contribution is 2.33. The number of aromatic nitrogens is 2. The summed E-state index contributed by atoms with van der Waals surface area (Å²) < 4.78 is 54.2. The van der Waals surface area contributed by atoms with Gasteiger partial charge in [0.2, 0.25) is 10.0 Å². The van der Waals surface area contributed by atoms with Crippen LogP contribution in [0.3, 0.4) is 0 Å². The standard InChI is InChI=1S/C24H29F2N5O3S/c1-3-22-20(24(32)28-18-9-13-30(16-18)35(2,33)34)15-27-31(22)12-5-11-29-10-4-6-23(29)19-14-17(25)7-8-21(19)26/h3,5,7-8,12,14-15,18,23H,1,4,6,9-11,13,16H2,2H3,(H,28,32)/b12-5-/t18-,23+/m0/s1. The molecule has 3 heterocycles. The van der Waals surface area contributed by atoms with Crippen LogP contribution in [0.2, 0.25) is 0 Å². The Balaban J connectivity index is 1.41. The Labute approximate surface area is 204 Å². The lowest BCUT2D eigenvalue weighted by molar-refractivity contribution is 0.0939. The van der Waals surface area contributed by atoms with E-state index in [9.17, 15) is 22.0 Å². The summed E-state index contributed by atoms with van der Waals surface area (Å²) in [4.78, 5) is 14.9. The molecule has 1 aromatic carbocycles. The maximum atomic E-state index is 14.3. The van der Waals surface area contributed by atoms with E-state index in [2.05, 4.69) is 21.9 Å². The van der Waals surface area contributed by atoms with Gasteiger partial charge in [-0.3, -0.25) is 9.69 Å². The second-order valence-electron chi connectivity index (χ2n) is 8.88. The van der Waals surface area contributed by atoms with Crippen LogP contribution in [0, 0.1) is 11.6 Å². The molecule has 188 valence electrons. The van der Waals surface area contributed by atoms with Gasteiger partial charge in [-0.1, -0.05) is 12.7 Å². The smallest absolute Gasteiger partial charge is 0.255 e. The van der Waals surface area contributed by atoms with E-state index in [4.69, 9.17) is 0 Å². The molecular weight excluding hydrogens is 476 g/mol. The SMILES string of the molecule is C=Cc1c(C(=O)N[C@H]2CCN(S(C)(=O)=O)C2)cnn1/C=C\CN1CCC[C@@H]1c1cc(F)ccc1F. The van der Waals surface area contributed by atoms with E-state index in [-0.39, 0.29) is 24.5 Å². The highest BCUT2D eigenvalue weighted by atomic mass is 32.2. The molecule has 8 nitrogen and oxygen atoms in total. The number of carbonyl (C=O) groups is 1. The minimum absolute atomic E-state index is 0.203. The molecule has 0 saturated carbocycles. The summed E-state index contributed by atoms with van der Waals surface area (Å²) in [6, 6.07) is 3.06. The monoisotopic (exact) mass is 505 g/mol. The van der Waals surface area contributed by atoms with Gasteiger partial charge >= 0.3 is 0 Å². The zero-order valence-electron chi connectivity index (χ0n) is 19.5. The molecule has 2 fully saturated rings. The molecule has 35 heavy (non-hydrogen) atoms. The fourth-order valence-electron chi connectivity index (χ4n) is 4.73. The predicted octanol–water partition coefficient (Wildman–Crippen LogP) is 2.88. The van der Waals surface area contributed by atoms with Crippen molar-refractivity contribution in [3.63, 3.8) is 0 Å². The van der Waals surface area contributed by atoms with Gasteiger partial charge in [-0.15, -0.1) is 0 Å². The first-order valence-corrected chi connectivity index (χ1v) is 13.3. The van der Waals surface area contributed by atoms with Crippen molar-refractivity contribution < 1.29 is 22.0 Å². The first-order valence-electron chi connectivity index (χ1n) is 11.5. The van der Waals surface area contributed by atoms with Crippen molar-refractivity contribution in [2.75, 3.05) is 32.4 Å². The lowest BCUT2D eigenvalue weighted by atomic mass is 10.0. The van der Waals surface area contributed by atoms with Crippen molar-refractivity contribution in [2.24, 2.45) is 0 Å². The number of amides is 1. The molecule has 11 heteroatoms. The molecule has 0 bridgehead atoms. The minimum atomic E-state index is -3.29. The maximum absolute atomic E-state index is 14.3. The summed E-state index contributed by atoms with van der Waals surface area (Å²) in [5.41, 5.74) is 1.20. The van der Waals surface area contributed by atoms with Crippen molar-refractivity contribution in [1.82, 2.24) is 24.3 Å². The van der Waals surface area contributed by atoms with Gasteiger partial charge in [0.1, 0.15) is 11.6 Å². The van der Waals surface area contributed by atoms with Crippen molar-refractivity contribution in [1.29, 1.82) is 0 Å². The third kappa shape index (κ3) is 5.68. The molecule has 2 aliphatic rings. The van der Waals surface area contributed by atoms with Gasteiger partial charge in [0.25, 0.3) is 5.91 Å². The molecule has 2 atom stereocenters. The number of benzene rings is 1. The fraction of sp³-hybridized carbons (Fsp3) is 0.417. The number of hydrogen-bond acceptors (Lipinski definition) is 5. The summed E-state index contributed by atoms with van der Waals surface area (Å²) in [6.45, 7) is 5.67. The lowest BCUT2D eigenvalue weighted by Gasteiger charge is -2.23. The number of hydrogen-bond donors (Lipinski definition) is 1. The zero-order chi connectivity index (χ0) is 25.2. The minimum Gasteiger partial charge on any atom is -0.348 e. The van der Waals surface area contributed by atoms with Crippen LogP contribution >= 0.6 is 0 Å². The quantitative estimate of drug-likeness (QED) is 0.596. The van der Waals surface area contributed by atoms with Gasteiger partial charge < -0.3 is 5.32 Å². The number of sulfonamides is 1. The summed E-state index contributed by atoms with van der Waals surface area (Å²) in [5, 5.41) is 7.14. The van der Waals surface area contributed by atoms with Crippen LogP contribution < -0.4 is 5.32 Å². The molecule has 0 aliphatic carbocycles. The van der Waals surface area contributed by atoms with Crippen LogP contribution in [0.25, 0.3) is 12.3 Å². The van der Waals surface area contributed by atoms with Crippen LogP contribution in [-0.4, -0.2) is 71.8 Å². The molecule has 2 saturated heterocycles. The lowest BCUT2D eigenvalue weighted by Crippen LogP contribution is -2.38. The second kappa shape index (κ2) is 10.4. The van der Waals surface area contributed by atoms with E-state index in [0.29, 0.717) is 36.3 Å². The van der Waals surface area contributed by atoms with Crippen molar-refractivity contribution in [2.45, 2.75) is 31.3 Å². The number of nitrogens with zero attached hydrogens (tertiary/aromatic N) is 4. The van der Waals surface area contributed by atoms with Crippen molar-refractivity contribution >= 4 is 28.2 Å². The Morgan fingerprint density at radius 3 is 2.80 bits per heavy atom. The largest absolute Gasteiger partial charge is 0.348 e. The molecule has 0 unspecified atom stereocenters. The zero-order valence-corrected chi connectivity index (χ0v) is 20.3. The van der Waals surface area contributed by atoms with E-state index in [1.807, 2.05) is 6.08 Å². The van der Waals surface area contributed by atoms with Gasteiger partial charge in [0.15, 0.2) is 0 Å². The number of nitrogens with one attached hydrogen (secondary N) is 1. The molecule has 2 aromatic rings. The normalized spacial score (nSPS) is 21.7. The van der Waals surface area contributed by atoms with Crippen LogP contribution in [0.15, 0.2) is 37.1 Å². The van der Waals surface area contributed by atoms with Crippen LogP contribution in [0.5, 0.6) is 0 Å². The van der Waals surface area contributed by atoms with E-state index in [0.717, 1.165) is 37.8 Å². The van der Waals surface area contributed by atoms with Gasteiger partial charge in [0, 0.05) is 43.5 Å². The summed E-state index contributed by atoms with van der Waals surface area (Å²) in [6.07, 6.45) is 9.88. The van der Waals surface area contributed by atoms with Gasteiger partial charge in [0.05, 0.1) is 23.7 Å². The third-order valence-corrected chi connectivity index (χ3v) is 7.76. The Morgan fingerprint density at radius 2 is 2.09 bits per heavy atom. The molecule has 1 N–H and O–H groups in total. The van der Waals surface area contributed by atoms with Crippen molar-refractivity contribution in [3.05, 3.63) is 65.5 Å². The Morgan fingerprint density at radius 1 is 1.29 bits per heavy atom. The molecule has 0 radical (unpaired) electrons. The van der Waals surface area contributed by atoms with E-state index < -0.39 is 21.7 Å². The topological polar surface area (TPSA) is 87.5 Å². The van der Waals surface area contributed by atoms with Gasteiger partial charge in [-0.2, -0.15) is 5.10 Å². The summed E-state index contributed by atoms with van der Waals surface area (Å²) in [5.74, 6) is -1.21. The highest BCUT2D eigenvalue weighted by molar-refractivity contribution is 7.88. The average Bonchev–Trinajstić information content (AvgIpc) is 3.54. The van der Waals surface area contributed by atoms with Crippen LogP contribution in [0.4, 0.5) is 8.78 Å². The predicted molar refractivity (Wildman–Crippen MR) is 130 cm³/mol. The molecule has 2 aliphatic heterocycles. The number of carbonyl (C=O) groups excluding carboxylic acids is 1. The van der Waals surface area contributed by atoms with Crippen LogP contribution in [-0.2, 0) is 10.0 Å². The molecule has 1 amide bonds. The maximum Gasteiger partial charge on any atom is 0.255 e. The summed E-state index contributed by atoms with van der Waals surface area (Å²) >= 11 is 0. The molecule has 0 spiro atoms.